The van der Waals surface area contributed by atoms with Crippen molar-refractivity contribution in [1.82, 2.24) is 0 Å². The minimum Gasteiger partial charge on any atom is -0.393 e. The number of nitrogens with zero attached hydrogens (tertiary/aromatic N) is 1. The molecule has 0 bridgehead atoms. The van der Waals surface area contributed by atoms with Gasteiger partial charge in [-0.25, -0.2) is 0 Å². The van der Waals surface area contributed by atoms with Gasteiger partial charge in [0.25, 0.3) is 0 Å². The second-order valence-corrected chi connectivity index (χ2v) is 4.55. The van der Waals surface area contributed by atoms with Crippen molar-refractivity contribution >= 4 is 18.6 Å². The van der Waals surface area contributed by atoms with Gasteiger partial charge in [0.2, 0.25) is 0 Å². The molecule has 86 valence electrons. The normalized spacial score (nSPS) is 31.2. The molecule has 3 heteroatoms. The molecule has 1 heterocycles. The predicted molar refractivity (Wildman–Crippen MR) is 67.7 cm³/mol. The van der Waals surface area contributed by atoms with E-state index in [0.717, 1.165) is 19.3 Å². The van der Waals surface area contributed by atoms with E-state index in [-0.39, 0.29) is 18.5 Å². The molecule has 3 atom stereocenters. The van der Waals surface area contributed by atoms with Gasteiger partial charge < -0.3 is 5.11 Å². The molecule has 1 aliphatic carbocycles. The number of aliphatic imine (C=N–C) groups is 1. The summed E-state index contributed by atoms with van der Waals surface area (Å²) in [4.78, 5) is 4.59. The molecule has 1 fully saturated rings. The fourth-order valence-electron chi connectivity index (χ4n) is 2.79. The lowest BCUT2D eigenvalue weighted by molar-refractivity contribution is 0.111. The molecule has 0 saturated heterocycles. The molecule has 0 aromatic heterocycles. The van der Waals surface area contributed by atoms with Gasteiger partial charge >= 0.3 is 0 Å². The van der Waals surface area contributed by atoms with Crippen molar-refractivity contribution in [2.24, 2.45) is 4.99 Å². The first-order valence-corrected chi connectivity index (χ1v) is 5.65. The molecule has 1 aromatic carbocycles. The standard InChI is InChI=1S/C13H15NO.ClH/c15-10-5-6-13-12(7-10)11-4-2-1-3-9(11)8-14-13;/h1-4,8,10,12-13,15H,5-7H2;1H. The highest BCUT2D eigenvalue weighted by Crippen LogP contribution is 2.38. The quantitative estimate of drug-likeness (QED) is 0.739. The number of aliphatic hydroxyl groups is 1. The van der Waals surface area contributed by atoms with E-state index in [4.69, 9.17) is 0 Å². The van der Waals surface area contributed by atoms with Gasteiger partial charge in [-0.05, 0) is 30.4 Å². The van der Waals surface area contributed by atoms with Crippen molar-refractivity contribution in [3.63, 3.8) is 0 Å². The second-order valence-electron chi connectivity index (χ2n) is 4.55. The molecule has 16 heavy (non-hydrogen) atoms. The van der Waals surface area contributed by atoms with Crippen LogP contribution >= 0.6 is 12.4 Å². The second kappa shape index (κ2) is 4.56. The average molecular weight is 238 g/mol. The third-order valence-electron chi connectivity index (χ3n) is 3.59. The Hall–Kier alpha value is -0.860. The third kappa shape index (κ3) is 1.87. The van der Waals surface area contributed by atoms with Gasteiger partial charge in [0.1, 0.15) is 0 Å². The maximum Gasteiger partial charge on any atom is 0.0570 e. The van der Waals surface area contributed by atoms with Crippen LogP contribution in [-0.2, 0) is 0 Å². The largest absolute Gasteiger partial charge is 0.393 e. The monoisotopic (exact) mass is 237 g/mol. The van der Waals surface area contributed by atoms with Crippen LogP contribution in [-0.4, -0.2) is 23.5 Å². The highest BCUT2D eigenvalue weighted by Gasteiger charge is 2.33. The number of benzene rings is 1. The maximum atomic E-state index is 9.72. The molecule has 2 nitrogen and oxygen atoms in total. The van der Waals surface area contributed by atoms with Crippen LogP contribution in [0.2, 0.25) is 0 Å². The number of rotatable bonds is 0. The van der Waals surface area contributed by atoms with Crippen LogP contribution < -0.4 is 0 Å². The third-order valence-corrected chi connectivity index (χ3v) is 3.59. The lowest BCUT2D eigenvalue weighted by Gasteiger charge is -2.35. The van der Waals surface area contributed by atoms with E-state index in [1.165, 1.54) is 11.1 Å². The summed E-state index contributed by atoms with van der Waals surface area (Å²) in [5.74, 6) is 0.440. The molecule has 1 aromatic rings. The Morgan fingerprint density at radius 1 is 1.19 bits per heavy atom. The van der Waals surface area contributed by atoms with Crippen LogP contribution in [0.15, 0.2) is 29.3 Å². The fourth-order valence-corrected chi connectivity index (χ4v) is 2.79. The first-order valence-electron chi connectivity index (χ1n) is 5.65. The van der Waals surface area contributed by atoms with Crippen molar-refractivity contribution < 1.29 is 5.11 Å². The van der Waals surface area contributed by atoms with Crippen molar-refractivity contribution in [2.75, 3.05) is 0 Å². The van der Waals surface area contributed by atoms with E-state index < -0.39 is 0 Å². The van der Waals surface area contributed by atoms with Crippen molar-refractivity contribution in [1.29, 1.82) is 0 Å². The van der Waals surface area contributed by atoms with Crippen LogP contribution in [0.1, 0.15) is 36.3 Å². The number of aliphatic hydroxyl groups excluding tert-OH is 1. The molecule has 0 radical (unpaired) electrons. The van der Waals surface area contributed by atoms with E-state index >= 15 is 0 Å². The van der Waals surface area contributed by atoms with Gasteiger partial charge in [0.15, 0.2) is 0 Å². The molecule has 0 spiro atoms. The molecule has 1 N–H and O–H groups in total. The van der Waals surface area contributed by atoms with Crippen molar-refractivity contribution in [2.45, 2.75) is 37.3 Å². The van der Waals surface area contributed by atoms with Gasteiger partial charge in [-0.1, -0.05) is 24.3 Å². The topological polar surface area (TPSA) is 32.6 Å². The first kappa shape index (κ1) is 11.6. The Labute approximate surface area is 102 Å². The van der Waals surface area contributed by atoms with Crippen LogP contribution in [0.5, 0.6) is 0 Å². The highest BCUT2D eigenvalue weighted by molar-refractivity contribution is 5.85. The molecule has 1 aliphatic heterocycles. The van der Waals surface area contributed by atoms with Crippen LogP contribution in [0.4, 0.5) is 0 Å². The molecular formula is C13H16ClNO. The van der Waals surface area contributed by atoms with E-state index in [2.05, 4.69) is 23.2 Å². The molecule has 3 unspecified atom stereocenters. The van der Waals surface area contributed by atoms with Crippen molar-refractivity contribution in [3.05, 3.63) is 35.4 Å². The average Bonchev–Trinajstić information content (AvgIpc) is 2.29. The number of fused-ring (bicyclic) bond motifs is 3. The Bertz CT molecular complexity index is 405. The summed E-state index contributed by atoms with van der Waals surface area (Å²) in [5.41, 5.74) is 2.60. The summed E-state index contributed by atoms with van der Waals surface area (Å²) in [6.07, 6.45) is 4.66. The molecule has 3 rings (SSSR count). The van der Waals surface area contributed by atoms with Crippen LogP contribution in [0.25, 0.3) is 0 Å². The fraction of sp³-hybridized carbons (Fsp3) is 0.462. The molecule has 2 aliphatic rings. The molecular weight excluding hydrogens is 222 g/mol. The first-order chi connectivity index (χ1) is 7.34. The summed E-state index contributed by atoms with van der Waals surface area (Å²) in [5, 5.41) is 9.72. The Balaban J connectivity index is 0.000000963. The molecule has 1 saturated carbocycles. The summed E-state index contributed by atoms with van der Waals surface area (Å²) >= 11 is 0. The van der Waals surface area contributed by atoms with Crippen LogP contribution in [0.3, 0.4) is 0 Å². The lowest BCUT2D eigenvalue weighted by atomic mass is 9.76. The summed E-state index contributed by atoms with van der Waals surface area (Å²) in [7, 11) is 0. The Kier molecular flexibility index (Phi) is 3.31. The van der Waals surface area contributed by atoms with E-state index in [9.17, 15) is 5.11 Å². The molecule has 0 amide bonds. The van der Waals surface area contributed by atoms with Gasteiger partial charge in [0, 0.05) is 12.1 Å². The van der Waals surface area contributed by atoms with Crippen molar-refractivity contribution in [3.8, 4) is 0 Å². The van der Waals surface area contributed by atoms with Gasteiger partial charge in [-0.15, -0.1) is 12.4 Å². The number of hydrogen-bond donors (Lipinski definition) is 1. The summed E-state index contributed by atoms with van der Waals surface area (Å²) in [6, 6.07) is 8.82. The number of halogens is 1. The smallest absolute Gasteiger partial charge is 0.0570 e. The van der Waals surface area contributed by atoms with Gasteiger partial charge in [0.05, 0.1) is 12.1 Å². The maximum absolute atomic E-state index is 9.72. The highest BCUT2D eigenvalue weighted by atomic mass is 35.5. The zero-order valence-corrected chi connectivity index (χ0v) is 9.86. The zero-order valence-electron chi connectivity index (χ0n) is 9.04. The van der Waals surface area contributed by atoms with Crippen LogP contribution in [0, 0.1) is 0 Å². The Morgan fingerprint density at radius 3 is 2.88 bits per heavy atom. The Morgan fingerprint density at radius 2 is 2.00 bits per heavy atom. The van der Waals surface area contributed by atoms with Gasteiger partial charge in [-0.3, -0.25) is 4.99 Å². The van der Waals surface area contributed by atoms with E-state index in [1.54, 1.807) is 0 Å². The minimum absolute atomic E-state index is 0. The zero-order chi connectivity index (χ0) is 10.3. The lowest BCUT2D eigenvalue weighted by Crippen LogP contribution is -2.31. The summed E-state index contributed by atoms with van der Waals surface area (Å²) < 4.78 is 0. The number of hydrogen-bond acceptors (Lipinski definition) is 2. The van der Waals surface area contributed by atoms with E-state index in [1.807, 2.05) is 12.3 Å². The minimum atomic E-state index is -0.132. The van der Waals surface area contributed by atoms with Gasteiger partial charge in [-0.2, -0.15) is 0 Å². The van der Waals surface area contributed by atoms with E-state index in [0.29, 0.717) is 12.0 Å². The SMILES string of the molecule is Cl.OC1CCC2N=Cc3ccccc3C2C1. The summed E-state index contributed by atoms with van der Waals surface area (Å²) in [6.45, 7) is 0. The predicted octanol–water partition coefficient (Wildman–Crippen LogP) is 2.54.